The molecule has 2 rings (SSSR count). The second-order valence-electron chi connectivity index (χ2n) is 6.31. The molecule has 0 saturated carbocycles. The van der Waals surface area contributed by atoms with Crippen molar-refractivity contribution in [2.45, 2.75) is 13.5 Å². The number of benzene rings is 2. The van der Waals surface area contributed by atoms with Crippen molar-refractivity contribution in [2.24, 2.45) is 11.7 Å². The molecule has 138 valence electrons. The number of amides is 2. The van der Waals surface area contributed by atoms with E-state index in [1.165, 1.54) is 0 Å². The van der Waals surface area contributed by atoms with Crippen molar-refractivity contribution in [3.05, 3.63) is 60.2 Å². The predicted octanol–water partition coefficient (Wildman–Crippen LogP) is 1.97. The van der Waals surface area contributed by atoms with Crippen LogP contribution in [0, 0.1) is 5.92 Å². The number of carbonyl (C=O) groups is 2. The van der Waals surface area contributed by atoms with E-state index < -0.39 is 5.91 Å². The van der Waals surface area contributed by atoms with Gasteiger partial charge in [0.15, 0.2) is 0 Å². The van der Waals surface area contributed by atoms with Gasteiger partial charge in [-0.15, -0.1) is 0 Å². The lowest BCUT2D eigenvalue weighted by Gasteiger charge is -2.24. The zero-order valence-corrected chi connectivity index (χ0v) is 15.2. The highest BCUT2D eigenvalue weighted by atomic mass is 16.2. The largest absolute Gasteiger partial charge is 0.368 e. The number of nitrogens with one attached hydrogen (secondary N) is 2. The van der Waals surface area contributed by atoms with Crippen LogP contribution in [0.3, 0.4) is 0 Å². The Kier molecular flexibility index (Phi) is 7.17. The molecule has 0 aliphatic heterocycles. The van der Waals surface area contributed by atoms with E-state index in [0.29, 0.717) is 18.8 Å². The van der Waals surface area contributed by atoms with Crippen molar-refractivity contribution < 1.29 is 9.59 Å². The Morgan fingerprint density at radius 1 is 1.12 bits per heavy atom. The molecule has 6 heteroatoms. The fourth-order valence-electron chi connectivity index (χ4n) is 2.68. The molecule has 0 fully saturated rings. The molecular weight excluding hydrogens is 328 g/mol. The van der Waals surface area contributed by atoms with Gasteiger partial charge in [0.05, 0.1) is 6.54 Å². The topological polar surface area (TPSA) is 87.5 Å². The molecule has 6 nitrogen and oxygen atoms in total. The van der Waals surface area contributed by atoms with Gasteiger partial charge in [0.25, 0.3) is 0 Å². The third-order valence-corrected chi connectivity index (χ3v) is 4.00. The first-order valence-electron chi connectivity index (χ1n) is 8.62. The van der Waals surface area contributed by atoms with Crippen LogP contribution in [0.5, 0.6) is 0 Å². The average Bonchev–Trinajstić information content (AvgIpc) is 2.62. The molecule has 2 aromatic rings. The van der Waals surface area contributed by atoms with E-state index in [-0.39, 0.29) is 18.4 Å². The Bertz CT molecular complexity index is 734. The summed E-state index contributed by atoms with van der Waals surface area (Å²) in [4.78, 5) is 25.6. The summed E-state index contributed by atoms with van der Waals surface area (Å²) in [6.45, 7) is 3.12. The van der Waals surface area contributed by atoms with Crippen molar-refractivity contribution in [1.29, 1.82) is 0 Å². The fourth-order valence-corrected chi connectivity index (χ4v) is 2.68. The molecule has 2 aromatic carbocycles. The maximum Gasteiger partial charge on any atom is 0.236 e. The number of rotatable bonds is 9. The molecule has 0 saturated heterocycles. The van der Waals surface area contributed by atoms with Gasteiger partial charge in [-0.2, -0.15) is 0 Å². The number of carbonyl (C=O) groups excluding carboxylic acids is 2. The van der Waals surface area contributed by atoms with Crippen LogP contribution in [-0.2, 0) is 16.1 Å². The van der Waals surface area contributed by atoms with Gasteiger partial charge in [-0.1, -0.05) is 43.3 Å². The molecule has 0 radical (unpaired) electrons. The van der Waals surface area contributed by atoms with E-state index in [1.807, 2.05) is 73.5 Å². The van der Waals surface area contributed by atoms with Crippen molar-refractivity contribution >= 4 is 23.2 Å². The molecule has 2 amide bonds. The fraction of sp³-hybridized carbons (Fsp3) is 0.300. The average molecular weight is 354 g/mol. The van der Waals surface area contributed by atoms with E-state index in [1.54, 1.807) is 0 Å². The van der Waals surface area contributed by atoms with Crippen LogP contribution in [-0.4, -0.2) is 32.0 Å². The summed E-state index contributed by atoms with van der Waals surface area (Å²) < 4.78 is 0. The minimum absolute atomic E-state index is 0.0546. The molecule has 0 aliphatic rings. The molecule has 4 N–H and O–H groups in total. The maximum atomic E-state index is 12.2. The summed E-state index contributed by atoms with van der Waals surface area (Å²) in [5.41, 5.74) is 8.01. The van der Waals surface area contributed by atoms with Crippen molar-refractivity contribution in [2.75, 3.05) is 30.4 Å². The van der Waals surface area contributed by atoms with Crippen LogP contribution >= 0.6 is 0 Å². The number of hydrogen-bond donors (Lipinski definition) is 3. The number of anilines is 2. The highest BCUT2D eigenvalue weighted by Gasteiger charge is 2.14. The van der Waals surface area contributed by atoms with Crippen LogP contribution < -0.4 is 21.3 Å². The highest BCUT2D eigenvalue weighted by molar-refractivity contribution is 5.93. The van der Waals surface area contributed by atoms with E-state index in [4.69, 9.17) is 5.73 Å². The van der Waals surface area contributed by atoms with E-state index in [9.17, 15) is 9.59 Å². The van der Waals surface area contributed by atoms with Gasteiger partial charge in [-0.3, -0.25) is 9.59 Å². The summed E-state index contributed by atoms with van der Waals surface area (Å²) in [5, 5.41) is 5.91. The van der Waals surface area contributed by atoms with Gasteiger partial charge in [0.1, 0.15) is 0 Å². The molecule has 1 unspecified atom stereocenters. The van der Waals surface area contributed by atoms with Gasteiger partial charge in [-0.05, 0) is 30.8 Å². The lowest BCUT2D eigenvalue weighted by atomic mass is 10.1. The number of nitrogens with two attached hydrogens (primary N) is 1. The lowest BCUT2D eigenvalue weighted by Crippen LogP contribution is -2.33. The second kappa shape index (κ2) is 9.58. The molecule has 1 atom stereocenters. The third-order valence-electron chi connectivity index (χ3n) is 4.00. The minimum Gasteiger partial charge on any atom is -0.368 e. The van der Waals surface area contributed by atoms with Crippen molar-refractivity contribution in [3.8, 4) is 0 Å². The minimum atomic E-state index is -0.405. The first kappa shape index (κ1) is 19.5. The van der Waals surface area contributed by atoms with Gasteiger partial charge in [-0.25, -0.2) is 0 Å². The van der Waals surface area contributed by atoms with Crippen LogP contribution in [0.4, 0.5) is 11.4 Å². The zero-order valence-electron chi connectivity index (χ0n) is 15.2. The zero-order chi connectivity index (χ0) is 18.9. The summed E-state index contributed by atoms with van der Waals surface area (Å²) in [7, 11) is 1.82. The summed E-state index contributed by atoms with van der Waals surface area (Å²) in [6.07, 6.45) is 0. The molecule has 0 aromatic heterocycles. The Hall–Kier alpha value is -2.86. The lowest BCUT2D eigenvalue weighted by molar-refractivity contribution is -0.119. The second-order valence-corrected chi connectivity index (χ2v) is 6.31. The first-order chi connectivity index (χ1) is 12.5. The van der Waals surface area contributed by atoms with Crippen LogP contribution in [0.25, 0.3) is 0 Å². The van der Waals surface area contributed by atoms with Gasteiger partial charge in [0.2, 0.25) is 11.8 Å². The SMILES string of the molecule is CNCC(C)C(=O)Nc1cccc(N(CC(N)=O)Cc2ccccc2)c1. The number of hydrogen-bond acceptors (Lipinski definition) is 4. The number of primary amides is 1. The molecule has 26 heavy (non-hydrogen) atoms. The first-order valence-corrected chi connectivity index (χ1v) is 8.62. The Morgan fingerprint density at radius 3 is 2.50 bits per heavy atom. The summed E-state index contributed by atoms with van der Waals surface area (Å²) in [5.74, 6) is -0.603. The van der Waals surface area contributed by atoms with E-state index in [2.05, 4.69) is 10.6 Å². The molecule has 0 spiro atoms. The van der Waals surface area contributed by atoms with Gasteiger partial charge < -0.3 is 21.3 Å². The van der Waals surface area contributed by atoms with E-state index in [0.717, 1.165) is 11.3 Å². The normalized spacial score (nSPS) is 11.6. The van der Waals surface area contributed by atoms with Gasteiger partial charge >= 0.3 is 0 Å². The van der Waals surface area contributed by atoms with Crippen molar-refractivity contribution in [3.63, 3.8) is 0 Å². The Morgan fingerprint density at radius 2 is 1.85 bits per heavy atom. The quantitative estimate of drug-likeness (QED) is 0.642. The molecule has 0 aliphatic carbocycles. The third kappa shape index (κ3) is 5.89. The number of nitrogens with zero attached hydrogens (tertiary/aromatic N) is 1. The van der Waals surface area contributed by atoms with E-state index >= 15 is 0 Å². The van der Waals surface area contributed by atoms with Crippen molar-refractivity contribution in [1.82, 2.24) is 5.32 Å². The van der Waals surface area contributed by atoms with Crippen LogP contribution in [0.2, 0.25) is 0 Å². The van der Waals surface area contributed by atoms with Crippen LogP contribution in [0.1, 0.15) is 12.5 Å². The smallest absolute Gasteiger partial charge is 0.236 e. The molecule has 0 heterocycles. The monoisotopic (exact) mass is 354 g/mol. The molecule has 0 bridgehead atoms. The predicted molar refractivity (Wildman–Crippen MR) is 105 cm³/mol. The Labute approximate surface area is 154 Å². The standard InChI is InChI=1S/C20H26N4O2/c1-15(12-22-2)20(26)23-17-9-6-10-18(11-17)24(14-19(21)25)13-16-7-4-3-5-8-16/h3-11,15,22H,12-14H2,1-2H3,(H2,21,25)(H,23,26). The Balaban J connectivity index is 2.17. The summed E-state index contributed by atoms with van der Waals surface area (Å²) >= 11 is 0. The highest BCUT2D eigenvalue weighted by Crippen LogP contribution is 2.22. The van der Waals surface area contributed by atoms with Crippen LogP contribution in [0.15, 0.2) is 54.6 Å². The summed E-state index contributed by atoms with van der Waals surface area (Å²) in [6, 6.07) is 17.3. The molecular formula is C20H26N4O2. The van der Waals surface area contributed by atoms with Gasteiger partial charge in [0, 0.05) is 30.4 Å². The maximum absolute atomic E-state index is 12.2.